The summed E-state index contributed by atoms with van der Waals surface area (Å²) in [6.45, 7) is 0. The lowest BCUT2D eigenvalue weighted by Gasteiger charge is -2.15. The summed E-state index contributed by atoms with van der Waals surface area (Å²) in [5, 5.41) is 6.97. The quantitative estimate of drug-likeness (QED) is 0.787. The zero-order chi connectivity index (χ0) is 11.1. The van der Waals surface area contributed by atoms with Gasteiger partial charge in [-0.2, -0.15) is 0 Å². The van der Waals surface area contributed by atoms with E-state index >= 15 is 0 Å². The molecule has 0 bridgehead atoms. The maximum atomic E-state index is 11.7. The number of rotatable bonds is 1. The summed E-state index contributed by atoms with van der Waals surface area (Å²) in [5.41, 5.74) is 1.77. The van der Waals surface area contributed by atoms with Gasteiger partial charge in [-0.3, -0.25) is 4.79 Å². The Labute approximate surface area is 99.2 Å². The highest BCUT2D eigenvalue weighted by Crippen LogP contribution is 2.39. The van der Waals surface area contributed by atoms with Crippen LogP contribution in [0.3, 0.4) is 0 Å². The third-order valence-electron chi connectivity index (χ3n) is 3.19. The predicted octanol–water partition coefficient (Wildman–Crippen LogP) is 2.87. The average molecular weight is 237 g/mol. The number of carbonyl (C=O) groups excluding carboxylic acids is 1. The minimum Gasteiger partial charge on any atom is -0.380 e. The number of amides is 1. The minimum atomic E-state index is 0.0745. The van der Waals surface area contributed by atoms with Crippen LogP contribution >= 0.6 is 11.6 Å². The van der Waals surface area contributed by atoms with Crippen LogP contribution in [0, 0.1) is 5.92 Å². The fourth-order valence-corrected chi connectivity index (χ4v) is 2.35. The molecule has 1 fully saturated rings. The van der Waals surface area contributed by atoms with Gasteiger partial charge in [0.05, 0.1) is 11.4 Å². The van der Waals surface area contributed by atoms with Gasteiger partial charge in [0.25, 0.3) is 0 Å². The highest BCUT2D eigenvalue weighted by molar-refractivity contribution is 6.31. The zero-order valence-electron chi connectivity index (χ0n) is 8.79. The van der Waals surface area contributed by atoms with Crippen molar-refractivity contribution < 1.29 is 4.79 Å². The molecular weight excluding hydrogens is 224 g/mol. The Kier molecular flexibility index (Phi) is 2.28. The van der Waals surface area contributed by atoms with Crippen LogP contribution in [0.2, 0.25) is 5.02 Å². The number of benzene rings is 1. The first-order valence-corrected chi connectivity index (χ1v) is 5.96. The molecule has 1 aromatic rings. The zero-order valence-corrected chi connectivity index (χ0v) is 9.55. The van der Waals surface area contributed by atoms with E-state index in [0.717, 1.165) is 11.4 Å². The first-order chi connectivity index (χ1) is 7.72. The smallest absolute Gasteiger partial charge is 0.226 e. The second kappa shape index (κ2) is 3.67. The third kappa shape index (κ3) is 1.87. The largest absolute Gasteiger partial charge is 0.380 e. The number of anilines is 2. The van der Waals surface area contributed by atoms with Gasteiger partial charge in [0, 0.05) is 17.5 Å². The number of carbonyl (C=O) groups is 1. The molecule has 1 aromatic carbocycles. The lowest BCUT2D eigenvalue weighted by atomic mass is 10.1. The van der Waals surface area contributed by atoms with E-state index in [1.807, 2.05) is 12.1 Å². The molecule has 4 heteroatoms. The van der Waals surface area contributed by atoms with E-state index in [9.17, 15) is 4.79 Å². The lowest BCUT2D eigenvalue weighted by molar-refractivity contribution is -0.116. The second-order valence-electron chi connectivity index (χ2n) is 4.53. The molecule has 0 saturated heterocycles. The molecule has 1 aliphatic carbocycles. The number of nitrogens with one attached hydrogen (secondary N) is 2. The van der Waals surface area contributed by atoms with Gasteiger partial charge >= 0.3 is 0 Å². The third-order valence-corrected chi connectivity index (χ3v) is 3.43. The Balaban J connectivity index is 1.94. The summed E-state index contributed by atoms with van der Waals surface area (Å²) in [7, 11) is 0. The van der Waals surface area contributed by atoms with E-state index in [1.54, 1.807) is 6.07 Å². The molecule has 0 spiro atoms. The molecule has 1 heterocycles. The van der Waals surface area contributed by atoms with Crippen molar-refractivity contribution in [2.24, 2.45) is 5.92 Å². The van der Waals surface area contributed by atoms with E-state index in [0.29, 0.717) is 17.4 Å². The molecule has 2 N–H and O–H groups in total. The summed E-state index contributed by atoms with van der Waals surface area (Å²) >= 11 is 5.91. The molecule has 0 radical (unpaired) electrons. The number of hydrogen-bond acceptors (Lipinski definition) is 2. The molecule has 3 nitrogen and oxygen atoms in total. The van der Waals surface area contributed by atoms with Crippen molar-refractivity contribution in [3.05, 3.63) is 23.2 Å². The summed E-state index contributed by atoms with van der Waals surface area (Å²) < 4.78 is 0. The van der Waals surface area contributed by atoms with Crippen LogP contribution in [-0.4, -0.2) is 11.9 Å². The van der Waals surface area contributed by atoms with Gasteiger partial charge in [-0.1, -0.05) is 11.6 Å². The van der Waals surface area contributed by atoms with Gasteiger partial charge in [0.15, 0.2) is 0 Å². The van der Waals surface area contributed by atoms with Crippen molar-refractivity contribution in [2.45, 2.75) is 25.3 Å². The highest BCUT2D eigenvalue weighted by atomic mass is 35.5. The van der Waals surface area contributed by atoms with Gasteiger partial charge in [0.1, 0.15) is 0 Å². The number of halogens is 1. The van der Waals surface area contributed by atoms with Crippen LogP contribution in [0.25, 0.3) is 0 Å². The van der Waals surface area contributed by atoms with E-state index < -0.39 is 0 Å². The standard InChI is InChI=1S/C12H13ClN2O/c13-8-3-4-9-11(5-8)15-12(16)6-10(14-9)7-1-2-7/h3-5,7,10,14H,1-2,6H2,(H,15,16). The average Bonchev–Trinajstić information content (AvgIpc) is 3.02. The maximum absolute atomic E-state index is 11.7. The highest BCUT2D eigenvalue weighted by Gasteiger charge is 2.34. The van der Waals surface area contributed by atoms with Crippen molar-refractivity contribution in [3.63, 3.8) is 0 Å². The van der Waals surface area contributed by atoms with Crippen molar-refractivity contribution >= 4 is 28.9 Å². The van der Waals surface area contributed by atoms with Gasteiger partial charge < -0.3 is 10.6 Å². The van der Waals surface area contributed by atoms with Crippen LogP contribution in [0.1, 0.15) is 19.3 Å². The monoisotopic (exact) mass is 236 g/mol. The van der Waals surface area contributed by atoms with Crippen LogP contribution in [-0.2, 0) is 4.79 Å². The summed E-state index contributed by atoms with van der Waals surface area (Å²) in [5.74, 6) is 0.734. The first kappa shape index (κ1) is 9.97. The number of fused-ring (bicyclic) bond motifs is 1. The molecule has 1 atom stereocenters. The molecule has 2 aliphatic rings. The van der Waals surface area contributed by atoms with Gasteiger partial charge in [-0.25, -0.2) is 0 Å². The lowest BCUT2D eigenvalue weighted by Crippen LogP contribution is -2.24. The van der Waals surface area contributed by atoms with Gasteiger partial charge in [-0.05, 0) is 37.0 Å². The fourth-order valence-electron chi connectivity index (χ4n) is 2.18. The Bertz CT molecular complexity index is 443. The molecule has 1 aliphatic heterocycles. The van der Waals surface area contributed by atoms with Gasteiger partial charge in [0.2, 0.25) is 5.91 Å². The fraction of sp³-hybridized carbons (Fsp3) is 0.417. The molecule has 1 amide bonds. The normalized spacial score (nSPS) is 24.1. The Morgan fingerprint density at radius 2 is 2.06 bits per heavy atom. The van der Waals surface area contributed by atoms with Gasteiger partial charge in [-0.15, -0.1) is 0 Å². The molecule has 16 heavy (non-hydrogen) atoms. The molecule has 3 rings (SSSR count). The summed E-state index contributed by atoms with van der Waals surface area (Å²) in [4.78, 5) is 11.7. The second-order valence-corrected chi connectivity index (χ2v) is 4.97. The van der Waals surface area contributed by atoms with E-state index in [4.69, 9.17) is 11.6 Å². The molecule has 1 saturated carbocycles. The molecule has 84 valence electrons. The van der Waals surface area contributed by atoms with Crippen LogP contribution in [0.15, 0.2) is 18.2 Å². The van der Waals surface area contributed by atoms with Crippen molar-refractivity contribution in [2.75, 3.05) is 10.6 Å². The van der Waals surface area contributed by atoms with E-state index in [2.05, 4.69) is 10.6 Å². The molecule has 0 aromatic heterocycles. The van der Waals surface area contributed by atoms with E-state index in [-0.39, 0.29) is 11.9 Å². The van der Waals surface area contributed by atoms with Crippen molar-refractivity contribution in [1.82, 2.24) is 0 Å². The summed E-state index contributed by atoms with van der Waals surface area (Å²) in [6, 6.07) is 5.84. The van der Waals surface area contributed by atoms with E-state index in [1.165, 1.54) is 12.8 Å². The van der Waals surface area contributed by atoms with Crippen LogP contribution in [0.5, 0.6) is 0 Å². The SMILES string of the molecule is O=C1CC(C2CC2)Nc2ccc(Cl)cc2N1. The van der Waals surface area contributed by atoms with Crippen molar-refractivity contribution in [3.8, 4) is 0 Å². The summed E-state index contributed by atoms with van der Waals surface area (Å²) in [6.07, 6.45) is 3.01. The minimum absolute atomic E-state index is 0.0745. The molecular formula is C12H13ClN2O. The Morgan fingerprint density at radius 3 is 2.81 bits per heavy atom. The Morgan fingerprint density at radius 1 is 1.25 bits per heavy atom. The predicted molar refractivity (Wildman–Crippen MR) is 64.8 cm³/mol. The van der Waals surface area contributed by atoms with Crippen LogP contribution < -0.4 is 10.6 Å². The Hall–Kier alpha value is -1.22. The number of hydrogen-bond donors (Lipinski definition) is 2. The molecule has 1 unspecified atom stereocenters. The topological polar surface area (TPSA) is 41.1 Å². The maximum Gasteiger partial charge on any atom is 0.226 e. The first-order valence-electron chi connectivity index (χ1n) is 5.58. The van der Waals surface area contributed by atoms with Crippen molar-refractivity contribution in [1.29, 1.82) is 0 Å². The van der Waals surface area contributed by atoms with Crippen LogP contribution in [0.4, 0.5) is 11.4 Å².